The second-order valence-electron chi connectivity index (χ2n) is 3.48. The summed E-state index contributed by atoms with van der Waals surface area (Å²) in [6.45, 7) is 0. The molecule has 0 saturated carbocycles. The zero-order valence-corrected chi connectivity index (χ0v) is 8.43. The second kappa shape index (κ2) is 4.16. The van der Waals surface area contributed by atoms with Gasteiger partial charge in [-0.15, -0.1) is 12.3 Å². The van der Waals surface area contributed by atoms with Gasteiger partial charge in [-0.25, -0.2) is 4.52 Å². The number of rotatable bonds is 3. The molecule has 3 nitrogen and oxygen atoms in total. The van der Waals surface area contributed by atoms with Gasteiger partial charge in [0.25, 0.3) is 0 Å². The van der Waals surface area contributed by atoms with Crippen molar-refractivity contribution in [3.8, 4) is 12.3 Å². The molecule has 0 fully saturated rings. The number of terminal acetylenes is 1. The smallest absolute Gasteiger partial charge is 0.0709 e. The monoisotopic (exact) mass is 199 g/mol. The van der Waals surface area contributed by atoms with Gasteiger partial charge in [-0.2, -0.15) is 5.10 Å². The minimum atomic E-state index is -0.0269. The van der Waals surface area contributed by atoms with Crippen LogP contribution >= 0.6 is 0 Å². The van der Waals surface area contributed by atoms with Crippen molar-refractivity contribution < 1.29 is 0 Å². The lowest BCUT2D eigenvalue weighted by Gasteiger charge is -2.07. The fraction of sp³-hybridized carbons (Fsp3) is 0.250. The van der Waals surface area contributed by atoms with Crippen molar-refractivity contribution in [2.24, 2.45) is 5.73 Å². The Morgan fingerprint density at radius 3 is 3.20 bits per heavy atom. The van der Waals surface area contributed by atoms with Crippen LogP contribution < -0.4 is 5.73 Å². The minimum Gasteiger partial charge on any atom is -0.324 e. The molecule has 0 aliphatic heterocycles. The fourth-order valence-electron chi connectivity index (χ4n) is 1.63. The normalized spacial score (nSPS) is 12.5. The van der Waals surface area contributed by atoms with E-state index in [9.17, 15) is 0 Å². The molecule has 0 aliphatic carbocycles. The maximum Gasteiger partial charge on any atom is 0.0709 e. The second-order valence-corrected chi connectivity index (χ2v) is 3.48. The Bertz CT molecular complexity index is 493. The van der Waals surface area contributed by atoms with E-state index >= 15 is 0 Å². The van der Waals surface area contributed by atoms with Gasteiger partial charge in [0.2, 0.25) is 0 Å². The summed E-state index contributed by atoms with van der Waals surface area (Å²) < 4.78 is 1.82. The molecule has 0 amide bonds. The van der Waals surface area contributed by atoms with Crippen LogP contribution in [0.4, 0.5) is 0 Å². The van der Waals surface area contributed by atoms with Gasteiger partial charge in [-0.05, 0) is 18.6 Å². The summed E-state index contributed by atoms with van der Waals surface area (Å²) in [7, 11) is 0. The first-order valence-corrected chi connectivity index (χ1v) is 4.94. The molecule has 2 rings (SSSR count). The predicted octanol–water partition coefficient (Wildman–Crippen LogP) is 1.75. The largest absolute Gasteiger partial charge is 0.324 e. The average Bonchev–Trinajstić information content (AvgIpc) is 2.69. The Balaban J connectivity index is 2.32. The van der Waals surface area contributed by atoms with Gasteiger partial charge in [-0.1, -0.05) is 6.07 Å². The molecule has 1 unspecified atom stereocenters. The van der Waals surface area contributed by atoms with E-state index in [1.54, 1.807) is 0 Å². The van der Waals surface area contributed by atoms with E-state index in [1.165, 1.54) is 0 Å². The van der Waals surface area contributed by atoms with Crippen molar-refractivity contribution in [3.63, 3.8) is 0 Å². The van der Waals surface area contributed by atoms with Gasteiger partial charge in [-0.3, -0.25) is 0 Å². The predicted molar refractivity (Wildman–Crippen MR) is 60.2 cm³/mol. The first kappa shape index (κ1) is 9.75. The van der Waals surface area contributed by atoms with Gasteiger partial charge in [0.05, 0.1) is 11.7 Å². The van der Waals surface area contributed by atoms with Crippen molar-refractivity contribution in [1.82, 2.24) is 9.61 Å². The molecule has 0 aliphatic rings. The first-order valence-electron chi connectivity index (χ1n) is 4.94. The number of nitrogens with two attached hydrogens (primary N) is 1. The van der Waals surface area contributed by atoms with Gasteiger partial charge in [0, 0.05) is 24.2 Å². The molecule has 0 spiro atoms. The summed E-state index contributed by atoms with van der Waals surface area (Å²) in [5, 5.41) is 4.23. The maximum atomic E-state index is 6.04. The molecule has 3 heteroatoms. The number of pyridine rings is 1. The SMILES string of the molecule is C#CCCC(N)c1cnn2ccccc12. The molecule has 2 aromatic heterocycles. The molecule has 76 valence electrons. The molecular weight excluding hydrogens is 186 g/mol. The lowest BCUT2D eigenvalue weighted by molar-refractivity contribution is 0.672. The van der Waals surface area contributed by atoms with Crippen molar-refractivity contribution in [1.29, 1.82) is 0 Å². The highest BCUT2D eigenvalue weighted by atomic mass is 15.2. The molecule has 0 radical (unpaired) electrons. The highest BCUT2D eigenvalue weighted by molar-refractivity contribution is 5.54. The van der Waals surface area contributed by atoms with Crippen LogP contribution in [0.15, 0.2) is 30.6 Å². The van der Waals surface area contributed by atoms with E-state index in [1.807, 2.05) is 35.1 Å². The quantitative estimate of drug-likeness (QED) is 0.765. The molecule has 0 aromatic carbocycles. The lowest BCUT2D eigenvalue weighted by atomic mass is 10.1. The fourth-order valence-corrected chi connectivity index (χ4v) is 1.63. The lowest BCUT2D eigenvalue weighted by Crippen LogP contribution is -2.09. The zero-order valence-electron chi connectivity index (χ0n) is 8.43. The summed E-state index contributed by atoms with van der Waals surface area (Å²) in [5.74, 6) is 2.60. The number of aromatic nitrogens is 2. The average molecular weight is 199 g/mol. The first-order chi connectivity index (χ1) is 7.33. The van der Waals surface area contributed by atoms with Crippen LogP contribution in [0.25, 0.3) is 5.52 Å². The zero-order chi connectivity index (χ0) is 10.7. The molecule has 2 aromatic rings. The number of nitrogens with zero attached hydrogens (tertiary/aromatic N) is 2. The summed E-state index contributed by atoms with van der Waals surface area (Å²) >= 11 is 0. The van der Waals surface area contributed by atoms with Crippen LogP contribution in [-0.4, -0.2) is 9.61 Å². The van der Waals surface area contributed by atoms with Crippen molar-refractivity contribution in [3.05, 3.63) is 36.2 Å². The highest BCUT2D eigenvalue weighted by Gasteiger charge is 2.10. The Morgan fingerprint density at radius 1 is 1.53 bits per heavy atom. The van der Waals surface area contributed by atoms with E-state index in [0.29, 0.717) is 6.42 Å². The Hall–Kier alpha value is -1.79. The van der Waals surface area contributed by atoms with Crippen LogP contribution in [0, 0.1) is 12.3 Å². The molecule has 15 heavy (non-hydrogen) atoms. The molecule has 0 saturated heterocycles. The number of hydrogen-bond donors (Lipinski definition) is 1. The Kier molecular flexibility index (Phi) is 2.70. The minimum absolute atomic E-state index is 0.0269. The van der Waals surface area contributed by atoms with Gasteiger partial charge >= 0.3 is 0 Å². The van der Waals surface area contributed by atoms with Crippen LogP contribution in [0.2, 0.25) is 0 Å². The van der Waals surface area contributed by atoms with Crippen molar-refractivity contribution in [2.75, 3.05) is 0 Å². The highest BCUT2D eigenvalue weighted by Crippen LogP contribution is 2.20. The number of hydrogen-bond acceptors (Lipinski definition) is 2. The molecular formula is C12H13N3. The Labute approximate surface area is 88.9 Å². The van der Waals surface area contributed by atoms with E-state index in [-0.39, 0.29) is 6.04 Å². The van der Waals surface area contributed by atoms with Crippen molar-refractivity contribution >= 4 is 5.52 Å². The van der Waals surface area contributed by atoms with E-state index in [2.05, 4.69) is 11.0 Å². The summed E-state index contributed by atoms with van der Waals surface area (Å²) in [6.07, 6.45) is 10.4. The molecule has 1 atom stereocenters. The van der Waals surface area contributed by atoms with Crippen molar-refractivity contribution in [2.45, 2.75) is 18.9 Å². The van der Waals surface area contributed by atoms with E-state index in [4.69, 9.17) is 12.2 Å². The summed E-state index contributed by atoms with van der Waals surface area (Å²) in [6, 6.07) is 5.91. The summed E-state index contributed by atoms with van der Waals surface area (Å²) in [5.41, 5.74) is 8.16. The third-order valence-corrected chi connectivity index (χ3v) is 2.46. The van der Waals surface area contributed by atoms with Crippen LogP contribution in [0.5, 0.6) is 0 Å². The standard InChI is InChI=1S/C12H13N3/c1-2-3-6-11(13)10-9-14-15-8-5-4-7-12(10)15/h1,4-5,7-9,11H,3,6,13H2. The molecule has 0 bridgehead atoms. The molecule has 2 heterocycles. The van der Waals surface area contributed by atoms with Gasteiger partial charge in [0.15, 0.2) is 0 Å². The van der Waals surface area contributed by atoms with Crippen LogP contribution in [0.3, 0.4) is 0 Å². The topological polar surface area (TPSA) is 43.3 Å². The molecule has 2 N–H and O–H groups in total. The third-order valence-electron chi connectivity index (χ3n) is 2.46. The van der Waals surface area contributed by atoms with Crippen LogP contribution in [-0.2, 0) is 0 Å². The van der Waals surface area contributed by atoms with Gasteiger partial charge < -0.3 is 5.73 Å². The maximum absolute atomic E-state index is 6.04. The summed E-state index contributed by atoms with van der Waals surface area (Å²) in [4.78, 5) is 0. The van der Waals surface area contributed by atoms with E-state index in [0.717, 1.165) is 17.5 Å². The Morgan fingerprint density at radius 2 is 2.40 bits per heavy atom. The van der Waals surface area contributed by atoms with Gasteiger partial charge in [0.1, 0.15) is 0 Å². The number of fused-ring (bicyclic) bond motifs is 1. The van der Waals surface area contributed by atoms with E-state index < -0.39 is 0 Å². The van der Waals surface area contributed by atoms with Crippen LogP contribution in [0.1, 0.15) is 24.4 Å². The third kappa shape index (κ3) is 1.85.